The Kier molecular flexibility index (Phi) is 6.94. The minimum Gasteiger partial charge on any atom is -0.497 e. The van der Waals surface area contributed by atoms with Gasteiger partial charge in [0.15, 0.2) is 0 Å². The Morgan fingerprint density at radius 2 is 1.93 bits per heavy atom. The van der Waals surface area contributed by atoms with Gasteiger partial charge in [0, 0.05) is 11.6 Å². The van der Waals surface area contributed by atoms with Gasteiger partial charge >= 0.3 is 0 Å². The molecule has 1 N–H and O–H groups in total. The van der Waals surface area contributed by atoms with Gasteiger partial charge in [-0.2, -0.15) is 5.10 Å². The van der Waals surface area contributed by atoms with Crippen molar-refractivity contribution in [2.75, 3.05) is 31.3 Å². The fourth-order valence-corrected chi connectivity index (χ4v) is 3.15. The second-order valence-electron chi connectivity index (χ2n) is 5.62. The van der Waals surface area contributed by atoms with Crippen LogP contribution in [-0.4, -0.2) is 47.6 Å². The molecule has 0 aliphatic rings. The summed E-state index contributed by atoms with van der Waals surface area (Å²) >= 11 is 0. The number of hydrogen-bond acceptors (Lipinski definition) is 6. The molecule has 0 aliphatic heterocycles. The molecule has 0 aliphatic carbocycles. The first-order chi connectivity index (χ1) is 13.3. The van der Waals surface area contributed by atoms with Crippen LogP contribution in [0, 0.1) is 5.82 Å². The molecule has 28 heavy (non-hydrogen) atoms. The van der Waals surface area contributed by atoms with Gasteiger partial charge in [0.1, 0.15) is 23.9 Å². The number of hydrazone groups is 1. The van der Waals surface area contributed by atoms with Gasteiger partial charge in [0.25, 0.3) is 5.91 Å². The Hall–Kier alpha value is -3.14. The van der Waals surface area contributed by atoms with E-state index in [1.807, 2.05) is 0 Å². The molecule has 0 fully saturated rings. The average molecular weight is 409 g/mol. The van der Waals surface area contributed by atoms with Crippen molar-refractivity contribution >= 4 is 27.8 Å². The average Bonchev–Trinajstić information content (AvgIpc) is 2.66. The summed E-state index contributed by atoms with van der Waals surface area (Å²) in [4.78, 5) is 12.2. The fraction of sp³-hybridized carbons (Fsp3) is 0.222. The molecule has 0 spiro atoms. The van der Waals surface area contributed by atoms with E-state index >= 15 is 0 Å². The maximum atomic E-state index is 13.5. The first-order valence-corrected chi connectivity index (χ1v) is 9.87. The normalized spacial score (nSPS) is 11.3. The van der Waals surface area contributed by atoms with Crippen LogP contribution in [0.2, 0.25) is 0 Å². The van der Waals surface area contributed by atoms with Gasteiger partial charge in [-0.3, -0.25) is 9.10 Å². The molecule has 0 saturated heterocycles. The van der Waals surface area contributed by atoms with Crippen LogP contribution in [0.3, 0.4) is 0 Å². The van der Waals surface area contributed by atoms with Crippen LogP contribution < -0.4 is 19.2 Å². The summed E-state index contributed by atoms with van der Waals surface area (Å²) in [7, 11) is -0.975. The van der Waals surface area contributed by atoms with E-state index in [0.29, 0.717) is 5.75 Å². The number of carbonyl (C=O) groups excluding carboxylic acids is 1. The maximum Gasteiger partial charge on any atom is 0.260 e. The summed E-state index contributed by atoms with van der Waals surface area (Å²) in [6.45, 7) is -0.546. The Morgan fingerprint density at radius 3 is 2.54 bits per heavy atom. The van der Waals surface area contributed by atoms with Crippen LogP contribution in [0.15, 0.2) is 47.6 Å². The second-order valence-corrected chi connectivity index (χ2v) is 7.53. The number of ether oxygens (including phenoxy) is 2. The number of amides is 1. The molecule has 0 unspecified atom stereocenters. The number of rotatable bonds is 8. The molecule has 0 aromatic heterocycles. The van der Waals surface area contributed by atoms with E-state index in [9.17, 15) is 17.6 Å². The number of hydrogen-bond donors (Lipinski definition) is 1. The molecule has 2 aromatic carbocycles. The van der Waals surface area contributed by atoms with Crippen molar-refractivity contribution in [3.05, 3.63) is 53.8 Å². The number of carbonyl (C=O) groups is 1. The van der Waals surface area contributed by atoms with Gasteiger partial charge in [-0.25, -0.2) is 18.2 Å². The Labute approximate surface area is 162 Å². The van der Waals surface area contributed by atoms with Crippen molar-refractivity contribution in [1.82, 2.24) is 5.43 Å². The Morgan fingerprint density at radius 1 is 1.21 bits per heavy atom. The summed E-state index contributed by atoms with van der Waals surface area (Å²) in [5.41, 5.74) is 2.53. The number of benzene rings is 2. The highest BCUT2D eigenvalue weighted by molar-refractivity contribution is 7.92. The molecule has 10 heteroatoms. The van der Waals surface area contributed by atoms with E-state index in [-0.39, 0.29) is 17.0 Å². The van der Waals surface area contributed by atoms with Crippen molar-refractivity contribution in [2.24, 2.45) is 5.10 Å². The van der Waals surface area contributed by atoms with Crippen molar-refractivity contribution in [2.45, 2.75) is 0 Å². The highest BCUT2D eigenvalue weighted by Crippen LogP contribution is 2.33. The summed E-state index contributed by atoms with van der Waals surface area (Å²) in [6, 6.07) is 10.4. The molecular formula is C18H20FN3O5S. The highest BCUT2D eigenvalue weighted by Gasteiger charge is 2.24. The van der Waals surface area contributed by atoms with E-state index in [0.717, 1.165) is 16.8 Å². The van der Waals surface area contributed by atoms with Crippen LogP contribution in [0.1, 0.15) is 5.56 Å². The predicted octanol–water partition coefficient (Wildman–Crippen LogP) is 1.76. The molecule has 0 atom stereocenters. The van der Waals surface area contributed by atoms with Crippen LogP contribution in [0.5, 0.6) is 11.5 Å². The van der Waals surface area contributed by atoms with Gasteiger partial charge in [-0.15, -0.1) is 0 Å². The molecule has 0 saturated carbocycles. The number of nitrogens with one attached hydrogen (secondary N) is 1. The van der Waals surface area contributed by atoms with Crippen LogP contribution in [-0.2, 0) is 14.8 Å². The lowest BCUT2D eigenvalue weighted by atomic mass is 10.2. The summed E-state index contributed by atoms with van der Waals surface area (Å²) in [6.07, 6.45) is 2.10. The van der Waals surface area contributed by atoms with Gasteiger partial charge in [-0.1, -0.05) is 18.2 Å². The molecule has 2 aromatic rings. The van der Waals surface area contributed by atoms with E-state index in [1.54, 1.807) is 12.1 Å². The van der Waals surface area contributed by atoms with Gasteiger partial charge in [0.05, 0.1) is 32.4 Å². The van der Waals surface area contributed by atoms with E-state index < -0.39 is 28.3 Å². The lowest BCUT2D eigenvalue weighted by Crippen LogP contribution is -2.39. The SMILES string of the molecule is COc1ccc(N(CC(=O)N/N=C\c2ccccc2F)S(C)(=O)=O)c(OC)c1. The maximum absolute atomic E-state index is 13.5. The molecule has 2 rings (SSSR count). The van der Waals surface area contributed by atoms with Crippen molar-refractivity contribution in [3.63, 3.8) is 0 Å². The first kappa shape index (κ1) is 21.2. The third-order valence-corrected chi connectivity index (χ3v) is 4.77. The quantitative estimate of drug-likeness (QED) is 0.529. The second kappa shape index (κ2) is 9.18. The molecule has 150 valence electrons. The topological polar surface area (TPSA) is 97.3 Å². The van der Waals surface area contributed by atoms with E-state index in [4.69, 9.17) is 9.47 Å². The molecular weight excluding hydrogens is 389 g/mol. The smallest absolute Gasteiger partial charge is 0.260 e. The number of halogens is 1. The third kappa shape index (κ3) is 5.43. The van der Waals surface area contributed by atoms with Crippen LogP contribution in [0.4, 0.5) is 10.1 Å². The van der Waals surface area contributed by atoms with Gasteiger partial charge < -0.3 is 9.47 Å². The molecule has 1 amide bonds. The number of sulfonamides is 1. The number of methoxy groups -OCH3 is 2. The van der Waals surface area contributed by atoms with Crippen molar-refractivity contribution < 1.29 is 27.1 Å². The standard InChI is InChI=1S/C18H20FN3O5S/c1-26-14-8-9-16(17(10-14)27-2)22(28(3,24)25)12-18(23)21-20-11-13-6-4-5-7-15(13)19/h4-11H,12H2,1-3H3,(H,21,23)/b20-11-. The molecule has 0 bridgehead atoms. The predicted molar refractivity (Wildman–Crippen MR) is 104 cm³/mol. The van der Waals surface area contributed by atoms with Gasteiger partial charge in [0.2, 0.25) is 10.0 Å². The minimum atomic E-state index is -3.81. The van der Waals surface area contributed by atoms with Gasteiger partial charge in [-0.05, 0) is 18.2 Å². The summed E-state index contributed by atoms with van der Waals surface area (Å²) in [5, 5.41) is 3.66. The Balaban J connectivity index is 2.19. The largest absolute Gasteiger partial charge is 0.497 e. The van der Waals surface area contributed by atoms with E-state index in [2.05, 4.69) is 10.5 Å². The first-order valence-electron chi connectivity index (χ1n) is 8.02. The summed E-state index contributed by atoms with van der Waals surface area (Å²) < 4.78 is 49.1. The fourth-order valence-electron chi connectivity index (χ4n) is 2.29. The monoisotopic (exact) mass is 409 g/mol. The molecule has 8 nitrogen and oxygen atoms in total. The zero-order valence-electron chi connectivity index (χ0n) is 15.5. The van der Waals surface area contributed by atoms with Crippen molar-refractivity contribution in [3.8, 4) is 11.5 Å². The Bertz CT molecular complexity index is 979. The van der Waals surface area contributed by atoms with Crippen LogP contribution >= 0.6 is 0 Å². The zero-order chi connectivity index (χ0) is 20.7. The highest BCUT2D eigenvalue weighted by atomic mass is 32.2. The zero-order valence-corrected chi connectivity index (χ0v) is 16.4. The summed E-state index contributed by atoms with van der Waals surface area (Å²) in [5.74, 6) is -0.530. The molecule has 0 radical (unpaired) electrons. The lowest BCUT2D eigenvalue weighted by molar-refractivity contribution is -0.119. The molecule has 0 heterocycles. The number of nitrogens with zero attached hydrogens (tertiary/aromatic N) is 2. The lowest BCUT2D eigenvalue weighted by Gasteiger charge is -2.23. The number of anilines is 1. The van der Waals surface area contributed by atoms with Crippen LogP contribution in [0.25, 0.3) is 0 Å². The van der Waals surface area contributed by atoms with Crippen molar-refractivity contribution in [1.29, 1.82) is 0 Å². The third-order valence-electron chi connectivity index (χ3n) is 3.64. The minimum absolute atomic E-state index is 0.166. The van der Waals surface area contributed by atoms with E-state index in [1.165, 1.54) is 44.6 Å².